The largest absolute Gasteiger partial charge is 0.497 e. The first-order valence-corrected chi connectivity index (χ1v) is 6.85. The first-order valence-electron chi connectivity index (χ1n) is 6.85. The maximum atomic E-state index is 6.20. The van der Waals surface area contributed by atoms with Crippen molar-refractivity contribution in [1.29, 1.82) is 0 Å². The summed E-state index contributed by atoms with van der Waals surface area (Å²) in [5.74, 6) is 1.66. The Balaban J connectivity index is 1.61. The second-order valence-corrected chi connectivity index (χ2v) is 5.15. The zero-order valence-corrected chi connectivity index (χ0v) is 11.6. The van der Waals surface area contributed by atoms with Crippen LogP contribution in [0.3, 0.4) is 0 Å². The molecule has 2 rings (SSSR count). The van der Waals surface area contributed by atoms with Gasteiger partial charge in [-0.05, 0) is 37.1 Å². The summed E-state index contributed by atoms with van der Waals surface area (Å²) in [7, 11) is 1.65. The number of benzene rings is 1. The molecule has 0 radical (unpaired) electrons. The highest BCUT2D eigenvalue weighted by Crippen LogP contribution is 2.27. The van der Waals surface area contributed by atoms with E-state index in [1.807, 2.05) is 24.3 Å². The van der Waals surface area contributed by atoms with Crippen LogP contribution in [0.4, 0.5) is 0 Å². The highest BCUT2D eigenvalue weighted by molar-refractivity contribution is 5.31. The van der Waals surface area contributed by atoms with Gasteiger partial charge in [0.15, 0.2) is 0 Å². The van der Waals surface area contributed by atoms with E-state index >= 15 is 0 Å². The lowest BCUT2D eigenvalue weighted by atomic mass is 10.0. The van der Waals surface area contributed by atoms with Gasteiger partial charge in [0.25, 0.3) is 0 Å². The van der Waals surface area contributed by atoms with Crippen molar-refractivity contribution in [2.75, 3.05) is 26.9 Å². The molecule has 106 valence electrons. The van der Waals surface area contributed by atoms with Crippen LogP contribution in [0.5, 0.6) is 11.5 Å². The van der Waals surface area contributed by atoms with Gasteiger partial charge in [-0.1, -0.05) is 12.8 Å². The van der Waals surface area contributed by atoms with Gasteiger partial charge < -0.3 is 19.9 Å². The molecule has 1 aromatic rings. The summed E-state index contributed by atoms with van der Waals surface area (Å²) in [6.45, 7) is 1.76. The lowest BCUT2D eigenvalue weighted by molar-refractivity contribution is 0.0643. The first kappa shape index (κ1) is 14.2. The third-order valence-electron chi connectivity index (χ3n) is 3.54. The third kappa shape index (κ3) is 4.40. The summed E-state index contributed by atoms with van der Waals surface area (Å²) < 4.78 is 16.3. The Morgan fingerprint density at radius 1 is 1.05 bits per heavy atom. The molecule has 1 aliphatic carbocycles. The molecule has 1 saturated carbocycles. The minimum atomic E-state index is -0.0971. The van der Waals surface area contributed by atoms with Crippen LogP contribution in [0.2, 0.25) is 0 Å². The number of hydrogen-bond acceptors (Lipinski definition) is 4. The number of rotatable bonds is 7. The minimum Gasteiger partial charge on any atom is -0.497 e. The van der Waals surface area contributed by atoms with E-state index in [4.69, 9.17) is 19.9 Å². The molecule has 0 heterocycles. The van der Waals surface area contributed by atoms with Gasteiger partial charge in [0, 0.05) is 5.54 Å². The molecule has 2 N–H and O–H groups in total. The minimum absolute atomic E-state index is 0.0971. The summed E-state index contributed by atoms with van der Waals surface area (Å²) in [6, 6.07) is 7.54. The van der Waals surface area contributed by atoms with E-state index in [9.17, 15) is 0 Å². The van der Waals surface area contributed by atoms with Crippen LogP contribution in [0.15, 0.2) is 24.3 Å². The van der Waals surface area contributed by atoms with E-state index < -0.39 is 0 Å². The number of nitrogens with two attached hydrogens (primary N) is 1. The third-order valence-corrected chi connectivity index (χ3v) is 3.54. The molecule has 1 fully saturated rings. The van der Waals surface area contributed by atoms with Crippen LogP contribution in [0, 0.1) is 0 Å². The van der Waals surface area contributed by atoms with E-state index in [2.05, 4.69) is 0 Å². The molecule has 0 unspecified atom stereocenters. The molecule has 1 aliphatic rings. The summed E-state index contributed by atoms with van der Waals surface area (Å²) in [4.78, 5) is 0. The zero-order chi connectivity index (χ0) is 13.6. The Kier molecular flexibility index (Phi) is 5.05. The lowest BCUT2D eigenvalue weighted by Crippen LogP contribution is -2.41. The molecule has 0 amide bonds. The Morgan fingerprint density at radius 3 is 2.32 bits per heavy atom. The molecule has 0 bridgehead atoms. The highest BCUT2D eigenvalue weighted by Gasteiger charge is 2.29. The predicted octanol–water partition coefficient (Wildman–Crippen LogP) is 2.36. The van der Waals surface area contributed by atoms with Gasteiger partial charge in [-0.2, -0.15) is 0 Å². The van der Waals surface area contributed by atoms with Crippen LogP contribution in [0.25, 0.3) is 0 Å². The first-order chi connectivity index (χ1) is 9.22. The van der Waals surface area contributed by atoms with Crippen molar-refractivity contribution in [1.82, 2.24) is 0 Å². The summed E-state index contributed by atoms with van der Waals surface area (Å²) in [5, 5.41) is 0. The summed E-state index contributed by atoms with van der Waals surface area (Å²) >= 11 is 0. The van der Waals surface area contributed by atoms with E-state index in [0.717, 1.165) is 24.3 Å². The predicted molar refractivity (Wildman–Crippen MR) is 74.7 cm³/mol. The lowest BCUT2D eigenvalue weighted by Gasteiger charge is -2.23. The van der Waals surface area contributed by atoms with Crippen molar-refractivity contribution < 1.29 is 14.2 Å². The van der Waals surface area contributed by atoms with Gasteiger partial charge in [0.05, 0.1) is 20.3 Å². The van der Waals surface area contributed by atoms with Crippen molar-refractivity contribution in [3.8, 4) is 11.5 Å². The van der Waals surface area contributed by atoms with Crippen LogP contribution in [-0.4, -0.2) is 32.5 Å². The monoisotopic (exact) mass is 265 g/mol. The van der Waals surface area contributed by atoms with Crippen LogP contribution in [0.1, 0.15) is 25.7 Å². The Morgan fingerprint density at radius 2 is 1.68 bits per heavy atom. The topological polar surface area (TPSA) is 53.7 Å². The second-order valence-electron chi connectivity index (χ2n) is 5.15. The smallest absolute Gasteiger partial charge is 0.119 e. The van der Waals surface area contributed by atoms with Gasteiger partial charge in [0.1, 0.15) is 18.1 Å². The maximum Gasteiger partial charge on any atom is 0.119 e. The van der Waals surface area contributed by atoms with E-state index in [-0.39, 0.29) is 5.54 Å². The quantitative estimate of drug-likeness (QED) is 0.769. The molecular weight excluding hydrogens is 242 g/mol. The molecule has 19 heavy (non-hydrogen) atoms. The molecule has 4 heteroatoms. The summed E-state index contributed by atoms with van der Waals surface area (Å²) in [6.07, 6.45) is 4.60. The van der Waals surface area contributed by atoms with E-state index in [1.165, 1.54) is 12.8 Å². The van der Waals surface area contributed by atoms with Crippen molar-refractivity contribution in [2.45, 2.75) is 31.2 Å². The van der Waals surface area contributed by atoms with Gasteiger partial charge in [-0.15, -0.1) is 0 Å². The van der Waals surface area contributed by atoms with Crippen molar-refractivity contribution in [3.63, 3.8) is 0 Å². The molecular formula is C15H23NO3. The molecule has 0 spiro atoms. The Labute approximate surface area is 114 Å². The fourth-order valence-corrected chi connectivity index (χ4v) is 2.39. The molecule has 0 aliphatic heterocycles. The van der Waals surface area contributed by atoms with Gasteiger partial charge in [-0.25, -0.2) is 0 Å². The molecule has 0 saturated heterocycles. The van der Waals surface area contributed by atoms with Gasteiger partial charge in [-0.3, -0.25) is 0 Å². The van der Waals surface area contributed by atoms with Crippen LogP contribution in [-0.2, 0) is 4.74 Å². The van der Waals surface area contributed by atoms with Gasteiger partial charge in [0.2, 0.25) is 0 Å². The fourth-order valence-electron chi connectivity index (χ4n) is 2.39. The average molecular weight is 265 g/mol. The standard InChI is InChI=1S/C15H23NO3/c1-17-13-4-6-14(7-5-13)19-11-10-18-12-15(16)8-2-3-9-15/h4-7H,2-3,8-12,16H2,1H3. The number of ether oxygens (including phenoxy) is 3. The number of methoxy groups -OCH3 is 1. The van der Waals surface area contributed by atoms with Gasteiger partial charge >= 0.3 is 0 Å². The molecule has 1 aromatic carbocycles. The van der Waals surface area contributed by atoms with Crippen LogP contribution >= 0.6 is 0 Å². The molecule has 0 atom stereocenters. The van der Waals surface area contributed by atoms with E-state index in [0.29, 0.717) is 19.8 Å². The maximum absolute atomic E-state index is 6.20. The van der Waals surface area contributed by atoms with Crippen LogP contribution < -0.4 is 15.2 Å². The molecule has 4 nitrogen and oxygen atoms in total. The second kappa shape index (κ2) is 6.78. The van der Waals surface area contributed by atoms with Crippen molar-refractivity contribution in [3.05, 3.63) is 24.3 Å². The highest BCUT2D eigenvalue weighted by atomic mass is 16.5. The Bertz CT molecular complexity index is 371. The normalized spacial score (nSPS) is 17.4. The number of hydrogen-bond donors (Lipinski definition) is 1. The van der Waals surface area contributed by atoms with E-state index in [1.54, 1.807) is 7.11 Å². The zero-order valence-electron chi connectivity index (χ0n) is 11.6. The average Bonchev–Trinajstić information content (AvgIpc) is 2.86. The fraction of sp³-hybridized carbons (Fsp3) is 0.600. The van der Waals surface area contributed by atoms with Crippen molar-refractivity contribution in [2.24, 2.45) is 5.73 Å². The SMILES string of the molecule is COc1ccc(OCCOCC2(N)CCCC2)cc1. The summed E-state index contributed by atoms with van der Waals surface area (Å²) in [5.41, 5.74) is 6.11. The Hall–Kier alpha value is -1.26. The van der Waals surface area contributed by atoms with Crippen molar-refractivity contribution >= 4 is 0 Å². The molecule has 0 aromatic heterocycles.